The topological polar surface area (TPSA) is 88.4 Å². The van der Waals surface area contributed by atoms with Crippen molar-refractivity contribution in [3.05, 3.63) is 52.8 Å². The van der Waals surface area contributed by atoms with E-state index in [1.54, 1.807) is 0 Å². The van der Waals surface area contributed by atoms with Gasteiger partial charge in [-0.25, -0.2) is 13.4 Å². The lowest BCUT2D eigenvalue weighted by Gasteiger charge is -2.11. The Morgan fingerprint density at radius 3 is 2.45 bits per heavy atom. The maximum absolute atomic E-state index is 12.3. The van der Waals surface area contributed by atoms with Crippen molar-refractivity contribution in [1.29, 1.82) is 0 Å². The number of halogens is 1. The number of nitrogens with one attached hydrogen (secondary N) is 2. The SMILES string of the molecule is CCNC(=NCc1c(C)nn(C)c1C)NCCCS(=O)(=O)Cc1ccccc1.I. The third-order valence-corrected chi connectivity index (χ3v) is 6.24. The second-order valence-corrected chi connectivity index (χ2v) is 9.01. The van der Waals surface area contributed by atoms with Crippen LogP contribution in [0.15, 0.2) is 35.3 Å². The molecule has 0 radical (unpaired) electrons. The molecule has 2 aromatic rings. The number of benzene rings is 1. The fraction of sp³-hybridized carbons (Fsp3) is 0.500. The summed E-state index contributed by atoms with van der Waals surface area (Å²) in [6.45, 7) is 7.84. The third kappa shape index (κ3) is 8.33. The van der Waals surface area contributed by atoms with Crippen molar-refractivity contribution in [3.63, 3.8) is 0 Å². The molecule has 2 rings (SSSR count). The second kappa shape index (κ2) is 12.2. The van der Waals surface area contributed by atoms with Gasteiger partial charge < -0.3 is 10.6 Å². The minimum Gasteiger partial charge on any atom is -0.357 e. The predicted molar refractivity (Wildman–Crippen MR) is 129 cm³/mol. The molecule has 0 atom stereocenters. The van der Waals surface area contributed by atoms with Crippen LogP contribution >= 0.6 is 24.0 Å². The summed E-state index contributed by atoms with van der Waals surface area (Å²) in [5, 5.41) is 10.8. The molecule has 1 aromatic heterocycles. The molecule has 1 aromatic carbocycles. The van der Waals surface area contributed by atoms with Crippen LogP contribution in [0, 0.1) is 13.8 Å². The highest BCUT2D eigenvalue weighted by Gasteiger charge is 2.12. The molecule has 0 amide bonds. The van der Waals surface area contributed by atoms with Crippen molar-refractivity contribution >= 4 is 39.8 Å². The lowest BCUT2D eigenvalue weighted by molar-refractivity contribution is 0.591. The molecule has 2 N–H and O–H groups in total. The van der Waals surface area contributed by atoms with E-state index in [1.165, 1.54) is 0 Å². The molecule has 7 nitrogen and oxygen atoms in total. The van der Waals surface area contributed by atoms with Crippen LogP contribution in [0.2, 0.25) is 0 Å². The van der Waals surface area contributed by atoms with Crippen LogP contribution in [0.1, 0.15) is 35.9 Å². The summed E-state index contributed by atoms with van der Waals surface area (Å²) in [4.78, 5) is 4.61. The summed E-state index contributed by atoms with van der Waals surface area (Å²) in [7, 11) is -1.19. The van der Waals surface area contributed by atoms with Crippen LogP contribution in [0.25, 0.3) is 0 Å². The Balaban J connectivity index is 0.00000420. The number of aryl methyl sites for hydroxylation is 2. The molecule has 1 heterocycles. The van der Waals surface area contributed by atoms with Gasteiger partial charge >= 0.3 is 0 Å². The largest absolute Gasteiger partial charge is 0.357 e. The molecule has 0 fully saturated rings. The number of guanidine groups is 1. The van der Waals surface area contributed by atoms with Gasteiger partial charge in [0.1, 0.15) is 0 Å². The lowest BCUT2D eigenvalue weighted by Crippen LogP contribution is -2.38. The minimum atomic E-state index is -3.12. The number of aliphatic imine (C=N–C) groups is 1. The first kappa shape index (κ1) is 25.4. The van der Waals surface area contributed by atoms with Crippen LogP contribution in [-0.4, -0.2) is 43.0 Å². The molecular formula is C20H32IN5O2S. The normalized spacial score (nSPS) is 11.8. The van der Waals surface area contributed by atoms with Gasteiger partial charge in [0.2, 0.25) is 0 Å². The smallest absolute Gasteiger partial charge is 0.191 e. The first-order valence-corrected chi connectivity index (χ1v) is 11.4. The Kier molecular flexibility index (Phi) is 10.7. The van der Waals surface area contributed by atoms with Crippen molar-refractivity contribution in [1.82, 2.24) is 20.4 Å². The maximum atomic E-state index is 12.3. The van der Waals surface area contributed by atoms with E-state index in [4.69, 9.17) is 0 Å². The van der Waals surface area contributed by atoms with Gasteiger partial charge in [-0.1, -0.05) is 30.3 Å². The summed E-state index contributed by atoms with van der Waals surface area (Å²) in [5.41, 5.74) is 4.02. The average Bonchev–Trinajstić information content (AvgIpc) is 2.89. The van der Waals surface area contributed by atoms with E-state index in [-0.39, 0.29) is 35.5 Å². The zero-order valence-corrected chi connectivity index (χ0v) is 20.8. The summed E-state index contributed by atoms with van der Waals surface area (Å²) in [6, 6.07) is 9.28. The zero-order valence-electron chi connectivity index (χ0n) is 17.6. The molecular weight excluding hydrogens is 501 g/mol. The molecule has 0 bridgehead atoms. The highest BCUT2D eigenvalue weighted by Crippen LogP contribution is 2.12. The second-order valence-electron chi connectivity index (χ2n) is 6.83. The summed E-state index contributed by atoms with van der Waals surface area (Å²) >= 11 is 0. The number of hydrogen-bond acceptors (Lipinski definition) is 4. The average molecular weight is 533 g/mol. The van der Waals surface area contributed by atoms with Crippen molar-refractivity contribution in [2.75, 3.05) is 18.8 Å². The summed E-state index contributed by atoms with van der Waals surface area (Å²) < 4.78 is 26.4. The Bertz CT molecular complexity index is 895. The Labute approximate surface area is 191 Å². The summed E-state index contributed by atoms with van der Waals surface area (Å²) in [6.07, 6.45) is 0.532. The quantitative estimate of drug-likeness (QED) is 0.224. The fourth-order valence-electron chi connectivity index (χ4n) is 2.95. The Hall–Kier alpha value is -1.62. The summed E-state index contributed by atoms with van der Waals surface area (Å²) in [5.74, 6) is 0.919. The standard InChI is InChI=1S/C20H31N5O2S.HI/c1-5-21-20(23-14-19-16(2)24-25(4)17(19)3)22-12-9-13-28(26,27)15-18-10-7-6-8-11-18;/h6-8,10-11H,5,9,12-15H2,1-4H3,(H2,21,22,23);1H. The third-order valence-electron chi connectivity index (χ3n) is 4.55. The van der Waals surface area contributed by atoms with Gasteiger partial charge in [-0.3, -0.25) is 4.68 Å². The van der Waals surface area contributed by atoms with Crippen LogP contribution in [0.5, 0.6) is 0 Å². The van der Waals surface area contributed by atoms with E-state index in [0.29, 0.717) is 25.5 Å². The minimum absolute atomic E-state index is 0. The van der Waals surface area contributed by atoms with Crippen LogP contribution < -0.4 is 10.6 Å². The Morgan fingerprint density at radius 2 is 1.86 bits per heavy atom. The molecule has 0 spiro atoms. The van der Waals surface area contributed by atoms with Gasteiger partial charge in [0.15, 0.2) is 15.8 Å². The van der Waals surface area contributed by atoms with Gasteiger partial charge in [0, 0.05) is 31.4 Å². The molecule has 0 saturated heterocycles. The first-order valence-electron chi connectivity index (χ1n) is 9.58. The molecule has 0 aliphatic carbocycles. The van der Waals surface area contributed by atoms with Crippen molar-refractivity contribution < 1.29 is 8.42 Å². The fourth-order valence-corrected chi connectivity index (χ4v) is 4.37. The monoisotopic (exact) mass is 533 g/mol. The lowest BCUT2D eigenvalue weighted by atomic mass is 10.2. The Morgan fingerprint density at radius 1 is 1.17 bits per heavy atom. The van der Waals surface area contributed by atoms with Gasteiger partial charge in [-0.2, -0.15) is 5.10 Å². The van der Waals surface area contributed by atoms with Gasteiger partial charge in [0.25, 0.3) is 0 Å². The number of nitrogens with zero attached hydrogens (tertiary/aromatic N) is 3. The van der Waals surface area contributed by atoms with Crippen LogP contribution in [0.4, 0.5) is 0 Å². The number of rotatable bonds is 9. The van der Waals surface area contributed by atoms with E-state index in [1.807, 2.05) is 62.8 Å². The van der Waals surface area contributed by atoms with Crippen molar-refractivity contribution in [2.24, 2.45) is 12.0 Å². The molecule has 29 heavy (non-hydrogen) atoms. The van der Waals surface area contributed by atoms with E-state index in [2.05, 4.69) is 20.7 Å². The highest BCUT2D eigenvalue weighted by atomic mass is 127. The first-order chi connectivity index (χ1) is 13.3. The molecule has 0 aliphatic heterocycles. The van der Waals surface area contributed by atoms with Crippen LogP contribution in [0.3, 0.4) is 0 Å². The number of sulfone groups is 1. The van der Waals surface area contributed by atoms with Crippen molar-refractivity contribution in [3.8, 4) is 0 Å². The maximum Gasteiger partial charge on any atom is 0.191 e. The number of aromatic nitrogens is 2. The molecule has 9 heteroatoms. The van der Waals surface area contributed by atoms with E-state index in [0.717, 1.165) is 29.1 Å². The molecule has 0 aliphatic rings. The molecule has 0 saturated carbocycles. The number of hydrogen-bond donors (Lipinski definition) is 2. The zero-order chi connectivity index (χ0) is 20.6. The van der Waals surface area contributed by atoms with Gasteiger partial charge in [-0.15, -0.1) is 24.0 Å². The van der Waals surface area contributed by atoms with Gasteiger partial charge in [-0.05, 0) is 32.8 Å². The predicted octanol–water partition coefficient (Wildman–Crippen LogP) is 2.72. The van der Waals surface area contributed by atoms with E-state index < -0.39 is 9.84 Å². The van der Waals surface area contributed by atoms with Crippen LogP contribution in [-0.2, 0) is 29.2 Å². The van der Waals surface area contributed by atoms with Gasteiger partial charge in [0.05, 0.1) is 23.7 Å². The molecule has 162 valence electrons. The highest BCUT2D eigenvalue weighted by molar-refractivity contribution is 14.0. The molecule has 0 unspecified atom stereocenters. The van der Waals surface area contributed by atoms with E-state index in [9.17, 15) is 8.42 Å². The van der Waals surface area contributed by atoms with E-state index >= 15 is 0 Å². The van der Waals surface area contributed by atoms with Crippen molar-refractivity contribution in [2.45, 2.75) is 39.5 Å².